The number of hydrogen-bond acceptors (Lipinski definition) is 4. The highest BCUT2D eigenvalue weighted by Crippen LogP contribution is 2.29. The van der Waals surface area contributed by atoms with Crippen LogP contribution in [0.25, 0.3) is 10.4 Å². The van der Waals surface area contributed by atoms with Gasteiger partial charge in [-0.1, -0.05) is 0 Å². The second-order valence-electron chi connectivity index (χ2n) is 4.74. The van der Waals surface area contributed by atoms with Crippen LogP contribution >= 0.6 is 23.6 Å². The van der Waals surface area contributed by atoms with E-state index in [1.54, 1.807) is 30.8 Å². The molecule has 0 spiro atoms. The molecule has 3 rings (SSSR count). The van der Waals surface area contributed by atoms with Gasteiger partial charge in [0.1, 0.15) is 5.75 Å². The highest BCUT2D eigenvalue weighted by molar-refractivity contribution is 7.80. The van der Waals surface area contributed by atoms with Gasteiger partial charge in [-0.25, -0.2) is 0 Å². The maximum absolute atomic E-state index is 5.35. The topological polar surface area (TPSA) is 46.2 Å². The van der Waals surface area contributed by atoms with Crippen molar-refractivity contribution in [2.45, 2.75) is 0 Å². The van der Waals surface area contributed by atoms with Gasteiger partial charge in [0.15, 0.2) is 5.11 Å². The molecular formula is C17H15N3OS2. The van der Waals surface area contributed by atoms with Crippen molar-refractivity contribution >= 4 is 40.0 Å². The number of benzene rings is 1. The van der Waals surface area contributed by atoms with E-state index in [0.717, 1.165) is 22.7 Å². The van der Waals surface area contributed by atoms with E-state index in [2.05, 4.69) is 21.7 Å². The summed E-state index contributed by atoms with van der Waals surface area (Å²) in [6.07, 6.45) is 3.58. The van der Waals surface area contributed by atoms with Crippen molar-refractivity contribution in [3.05, 3.63) is 60.2 Å². The molecular weight excluding hydrogens is 326 g/mol. The molecule has 0 fully saturated rings. The molecule has 0 amide bonds. The lowest BCUT2D eigenvalue weighted by atomic mass is 10.2. The lowest BCUT2D eigenvalue weighted by molar-refractivity contribution is 0.415. The van der Waals surface area contributed by atoms with Gasteiger partial charge >= 0.3 is 0 Å². The van der Waals surface area contributed by atoms with Crippen molar-refractivity contribution < 1.29 is 4.74 Å². The van der Waals surface area contributed by atoms with Crippen molar-refractivity contribution in [2.75, 3.05) is 17.7 Å². The molecule has 6 heteroatoms. The number of thiophene rings is 1. The molecule has 2 heterocycles. The van der Waals surface area contributed by atoms with Gasteiger partial charge in [-0.15, -0.1) is 11.3 Å². The number of ether oxygens (including phenoxy) is 1. The first-order chi connectivity index (χ1) is 11.2. The average Bonchev–Trinajstić information content (AvgIpc) is 3.04. The summed E-state index contributed by atoms with van der Waals surface area (Å²) in [4.78, 5) is 5.20. The van der Waals surface area contributed by atoms with Crippen molar-refractivity contribution in [2.24, 2.45) is 0 Å². The van der Waals surface area contributed by atoms with Gasteiger partial charge in [0, 0.05) is 28.3 Å². The van der Waals surface area contributed by atoms with Gasteiger partial charge in [-0.2, -0.15) is 0 Å². The number of nitrogens with zero attached hydrogens (tertiary/aromatic N) is 1. The Morgan fingerprint density at radius 2 is 1.74 bits per heavy atom. The summed E-state index contributed by atoms with van der Waals surface area (Å²) in [5.41, 5.74) is 3.02. The Morgan fingerprint density at radius 1 is 1.04 bits per heavy atom. The third-order valence-corrected chi connectivity index (χ3v) is 4.35. The molecule has 23 heavy (non-hydrogen) atoms. The molecule has 2 aromatic heterocycles. The number of methoxy groups -OCH3 is 1. The number of nitrogens with one attached hydrogen (secondary N) is 2. The summed E-state index contributed by atoms with van der Waals surface area (Å²) in [6, 6.07) is 13.7. The van der Waals surface area contributed by atoms with Crippen molar-refractivity contribution in [1.82, 2.24) is 4.98 Å². The first-order valence-corrected chi connectivity index (χ1v) is 8.24. The van der Waals surface area contributed by atoms with Gasteiger partial charge in [-0.05, 0) is 60.2 Å². The second-order valence-corrected chi connectivity index (χ2v) is 6.06. The second kappa shape index (κ2) is 7.21. The van der Waals surface area contributed by atoms with Crippen molar-refractivity contribution in [3.8, 4) is 16.2 Å². The number of aromatic nitrogens is 1. The van der Waals surface area contributed by atoms with Crippen LogP contribution in [0.15, 0.2) is 60.2 Å². The lowest BCUT2D eigenvalue weighted by Crippen LogP contribution is -2.18. The summed E-state index contributed by atoms with van der Waals surface area (Å²) in [5, 5.41) is 8.93. The van der Waals surface area contributed by atoms with Crippen LogP contribution in [-0.2, 0) is 0 Å². The Morgan fingerprint density at radius 3 is 2.43 bits per heavy atom. The zero-order chi connectivity index (χ0) is 16.1. The Kier molecular flexibility index (Phi) is 4.85. The molecule has 4 nitrogen and oxygen atoms in total. The molecule has 0 saturated heterocycles. The standard InChI is InChI=1S/C17H15N3OS2/c1-21-15-4-2-13(3-5-15)19-17(22)20-14-10-16(23-11-14)12-6-8-18-9-7-12/h2-11H,1H3,(H2,19,20,22). The van der Waals surface area contributed by atoms with E-state index in [-0.39, 0.29) is 0 Å². The Balaban J connectivity index is 1.63. The summed E-state index contributed by atoms with van der Waals surface area (Å²) in [5.74, 6) is 0.814. The van der Waals surface area contributed by atoms with Crippen LogP contribution in [0.3, 0.4) is 0 Å². The van der Waals surface area contributed by atoms with Gasteiger partial charge in [0.05, 0.1) is 12.8 Å². The Hall–Kier alpha value is -2.44. The predicted octanol–water partition coefficient (Wildman–Crippen LogP) is 4.63. The molecule has 2 N–H and O–H groups in total. The Labute approximate surface area is 144 Å². The van der Waals surface area contributed by atoms with Crippen LogP contribution < -0.4 is 15.4 Å². The number of thiocarbonyl (C=S) groups is 1. The van der Waals surface area contributed by atoms with Crippen molar-refractivity contribution in [1.29, 1.82) is 0 Å². The van der Waals surface area contributed by atoms with Gasteiger partial charge < -0.3 is 15.4 Å². The molecule has 0 saturated carbocycles. The summed E-state index contributed by atoms with van der Waals surface area (Å²) in [6.45, 7) is 0. The zero-order valence-electron chi connectivity index (χ0n) is 12.4. The molecule has 0 bridgehead atoms. The van der Waals surface area contributed by atoms with Crippen LogP contribution in [0.1, 0.15) is 0 Å². The molecule has 1 aromatic carbocycles. The lowest BCUT2D eigenvalue weighted by Gasteiger charge is -2.09. The van der Waals surface area contributed by atoms with Crippen LogP contribution in [0.5, 0.6) is 5.75 Å². The Bertz CT molecular complexity index is 785. The third-order valence-electron chi connectivity index (χ3n) is 3.17. The van der Waals surface area contributed by atoms with Gasteiger partial charge in [0.25, 0.3) is 0 Å². The largest absolute Gasteiger partial charge is 0.497 e. The van der Waals surface area contributed by atoms with E-state index in [1.807, 2.05) is 41.8 Å². The first kappa shape index (κ1) is 15.5. The molecule has 0 aliphatic heterocycles. The summed E-state index contributed by atoms with van der Waals surface area (Å²) in [7, 11) is 1.64. The quantitative estimate of drug-likeness (QED) is 0.678. The fourth-order valence-corrected chi connectivity index (χ4v) is 3.12. The highest BCUT2D eigenvalue weighted by atomic mass is 32.1. The third kappa shape index (κ3) is 4.06. The fourth-order valence-electron chi connectivity index (χ4n) is 2.04. The maximum atomic E-state index is 5.35. The number of rotatable bonds is 4. The molecule has 116 valence electrons. The van der Waals surface area contributed by atoms with E-state index in [9.17, 15) is 0 Å². The van der Waals surface area contributed by atoms with E-state index >= 15 is 0 Å². The molecule has 0 aliphatic carbocycles. The SMILES string of the molecule is COc1ccc(NC(=S)Nc2csc(-c3ccncc3)c2)cc1. The number of anilines is 2. The first-order valence-electron chi connectivity index (χ1n) is 6.95. The normalized spacial score (nSPS) is 10.1. The monoisotopic (exact) mass is 341 g/mol. The van der Waals surface area contributed by atoms with E-state index < -0.39 is 0 Å². The minimum absolute atomic E-state index is 0.550. The molecule has 0 radical (unpaired) electrons. The van der Waals surface area contributed by atoms with Crippen molar-refractivity contribution in [3.63, 3.8) is 0 Å². The molecule has 0 unspecified atom stereocenters. The number of hydrogen-bond donors (Lipinski definition) is 2. The summed E-state index contributed by atoms with van der Waals surface area (Å²) >= 11 is 7.01. The zero-order valence-corrected chi connectivity index (χ0v) is 14.1. The van der Waals surface area contributed by atoms with E-state index in [1.165, 1.54) is 4.88 Å². The highest BCUT2D eigenvalue weighted by Gasteiger charge is 2.04. The van der Waals surface area contributed by atoms with Gasteiger partial charge in [-0.3, -0.25) is 4.98 Å². The summed E-state index contributed by atoms with van der Waals surface area (Å²) < 4.78 is 5.14. The fraction of sp³-hybridized carbons (Fsp3) is 0.0588. The van der Waals surface area contributed by atoms with Crippen LogP contribution in [0, 0.1) is 0 Å². The minimum Gasteiger partial charge on any atom is -0.497 e. The molecule has 3 aromatic rings. The van der Waals surface area contributed by atoms with Crippen LogP contribution in [0.4, 0.5) is 11.4 Å². The molecule has 0 aliphatic rings. The van der Waals surface area contributed by atoms with E-state index in [4.69, 9.17) is 17.0 Å². The van der Waals surface area contributed by atoms with Crippen LogP contribution in [-0.4, -0.2) is 17.2 Å². The van der Waals surface area contributed by atoms with E-state index in [0.29, 0.717) is 5.11 Å². The minimum atomic E-state index is 0.550. The number of pyridine rings is 1. The molecule has 0 atom stereocenters. The maximum Gasteiger partial charge on any atom is 0.175 e. The predicted molar refractivity (Wildman–Crippen MR) is 100 cm³/mol. The average molecular weight is 341 g/mol. The van der Waals surface area contributed by atoms with Gasteiger partial charge in [0.2, 0.25) is 0 Å². The smallest absolute Gasteiger partial charge is 0.175 e. The van der Waals surface area contributed by atoms with Crippen LogP contribution in [0.2, 0.25) is 0 Å².